The lowest BCUT2D eigenvalue weighted by atomic mass is 9.97. The van der Waals surface area contributed by atoms with Crippen molar-refractivity contribution in [3.8, 4) is 22.3 Å². The number of benzene rings is 8. The van der Waals surface area contributed by atoms with Gasteiger partial charge in [-0.2, -0.15) is 0 Å². The first-order valence-electron chi connectivity index (χ1n) is 21.6. The summed E-state index contributed by atoms with van der Waals surface area (Å²) < 4.78 is 112. The molecule has 2 heterocycles. The zero-order valence-corrected chi connectivity index (χ0v) is 26.4. The normalized spacial score (nSPS) is 15.1. The van der Waals surface area contributed by atoms with Crippen LogP contribution in [-0.4, -0.2) is 0 Å². The van der Waals surface area contributed by atoms with Crippen molar-refractivity contribution in [3.63, 3.8) is 0 Å². The van der Waals surface area contributed by atoms with Crippen molar-refractivity contribution >= 4 is 81.3 Å². The van der Waals surface area contributed by atoms with Crippen molar-refractivity contribution in [1.82, 2.24) is 0 Å². The monoisotopic (exact) mass is 655 g/mol. The zero-order chi connectivity index (χ0) is 42.8. The quantitative estimate of drug-likeness (QED) is 0.183. The number of rotatable bonds is 5. The van der Waals surface area contributed by atoms with Crippen molar-refractivity contribution in [1.29, 1.82) is 0 Å². The van der Waals surface area contributed by atoms with E-state index in [0.717, 1.165) is 25.9 Å². The molecule has 0 aliphatic carbocycles. The molecule has 0 aliphatic rings. The molecule has 0 saturated heterocycles. The van der Waals surface area contributed by atoms with Crippen LogP contribution in [0.3, 0.4) is 0 Å². The van der Waals surface area contributed by atoms with Gasteiger partial charge in [-0.05, 0) is 82.0 Å². The summed E-state index contributed by atoms with van der Waals surface area (Å²) in [4.78, 5) is 1.97. The third-order valence-electron chi connectivity index (χ3n) is 8.81. The summed E-state index contributed by atoms with van der Waals surface area (Å²) >= 11 is 1.65. The molecule has 0 radical (unpaired) electrons. The second-order valence-corrected chi connectivity index (χ2v) is 12.7. The van der Waals surface area contributed by atoms with Gasteiger partial charge in [0, 0.05) is 47.9 Å². The minimum absolute atomic E-state index is 0.0162. The molecule has 0 aliphatic heterocycles. The number of hydrogen-bond donors (Lipinski definition) is 0. The lowest BCUT2D eigenvalue weighted by Gasteiger charge is -2.28. The van der Waals surface area contributed by atoms with Crippen molar-refractivity contribution in [2.75, 3.05) is 4.90 Å². The molecule has 10 rings (SSSR count). The highest BCUT2D eigenvalue weighted by Gasteiger charge is 2.19. The first-order valence-corrected chi connectivity index (χ1v) is 16.4. The van der Waals surface area contributed by atoms with Crippen LogP contribution in [0.5, 0.6) is 0 Å². The molecule has 49 heavy (non-hydrogen) atoms. The zero-order valence-electron chi connectivity index (χ0n) is 37.6. The van der Waals surface area contributed by atoms with Gasteiger partial charge < -0.3 is 9.32 Å². The van der Waals surface area contributed by atoms with Crippen LogP contribution in [0, 0.1) is 0 Å². The first kappa shape index (κ1) is 18.4. The standard InChI is InChI=1S/C46H29NOS/c1-2-10-31(11-3-1)36-12-4-7-15-41(36)47(35-25-26-38-37-13-6-9-17-44(37)49-45(38)29-35)34-23-20-30(21-24-34)33-19-18-32-22-27-43-46(40(32)28-33)39-14-5-8-16-42(39)48-43/h1-29H/i1D,2D,3D,5D,8D,10D,11D,14D,16D,22D,27D,28D. The van der Waals surface area contributed by atoms with E-state index in [1.54, 1.807) is 35.6 Å². The third kappa shape index (κ3) is 4.62. The Balaban J connectivity index is 1.18. The topological polar surface area (TPSA) is 16.4 Å². The van der Waals surface area contributed by atoms with E-state index in [9.17, 15) is 1.37 Å². The van der Waals surface area contributed by atoms with E-state index >= 15 is 0 Å². The Labute approximate surface area is 304 Å². The Morgan fingerprint density at radius 2 is 1.27 bits per heavy atom. The van der Waals surface area contributed by atoms with Crippen molar-refractivity contribution in [2.24, 2.45) is 0 Å². The number of hydrogen-bond acceptors (Lipinski definition) is 3. The summed E-state index contributed by atoms with van der Waals surface area (Å²) in [7, 11) is 0. The van der Waals surface area contributed by atoms with Crippen LogP contribution >= 0.6 is 11.3 Å². The van der Waals surface area contributed by atoms with Gasteiger partial charge in [0.2, 0.25) is 0 Å². The Morgan fingerprint density at radius 1 is 0.510 bits per heavy atom. The molecule has 0 bridgehead atoms. The summed E-state index contributed by atoms with van der Waals surface area (Å²) in [6.07, 6.45) is 0. The predicted octanol–water partition coefficient (Wildman–Crippen LogP) is 13.9. The number of furan rings is 1. The average molecular weight is 656 g/mol. The number of fused-ring (bicyclic) bond motifs is 8. The second-order valence-electron chi connectivity index (χ2n) is 11.6. The highest BCUT2D eigenvalue weighted by atomic mass is 32.1. The van der Waals surface area contributed by atoms with Gasteiger partial charge in [-0.3, -0.25) is 0 Å². The SMILES string of the molecule is [2H]c1c([2H])c([2H])c(-c2ccccc2N(c2ccc(-c3ccc4c([2H])c([2H])c5oc6c([2H])c([2H])c([2H])c([2H])c6c5c4c3[2H])cc2)c2ccc3c(c2)sc2ccccc23)c([2H])c1[2H]. The Bertz CT molecular complexity index is 3500. The average Bonchev–Trinajstić information content (AvgIpc) is 3.86. The molecular weight excluding hydrogens is 615 g/mol. The second kappa shape index (κ2) is 11.2. The number of thiophene rings is 1. The van der Waals surface area contributed by atoms with Gasteiger partial charge in [0.25, 0.3) is 0 Å². The first-order chi connectivity index (χ1) is 29.3. The summed E-state index contributed by atoms with van der Waals surface area (Å²) in [6.45, 7) is 0. The van der Waals surface area contributed by atoms with E-state index in [1.165, 1.54) is 0 Å². The highest BCUT2D eigenvalue weighted by molar-refractivity contribution is 7.25. The number of anilines is 3. The summed E-state index contributed by atoms with van der Waals surface area (Å²) in [5.41, 5.74) is 3.33. The minimum atomic E-state index is -0.487. The van der Waals surface area contributed by atoms with Gasteiger partial charge in [-0.1, -0.05) is 121 Å². The van der Waals surface area contributed by atoms with Crippen molar-refractivity contribution in [2.45, 2.75) is 0 Å². The van der Waals surface area contributed by atoms with Crippen LogP contribution in [0.2, 0.25) is 0 Å². The van der Waals surface area contributed by atoms with Crippen LogP contribution in [0.1, 0.15) is 16.4 Å². The van der Waals surface area contributed by atoms with Crippen LogP contribution in [-0.2, 0) is 0 Å². The lowest BCUT2D eigenvalue weighted by Crippen LogP contribution is -2.11. The molecule has 2 nitrogen and oxygen atoms in total. The van der Waals surface area contributed by atoms with Gasteiger partial charge in [0.1, 0.15) is 11.2 Å². The van der Waals surface area contributed by atoms with Gasteiger partial charge in [0.15, 0.2) is 0 Å². The fourth-order valence-electron chi connectivity index (χ4n) is 6.57. The smallest absolute Gasteiger partial charge is 0.136 e. The molecule has 0 spiro atoms. The molecule has 0 amide bonds. The maximum absolute atomic E-state index is 9.54. The van der Waals surface area contributed by atoms with Crippen LogP contribution in [0.4, 0.5) is 17.1 Å². The summed E-state index contributed by atoms with van der Waals surface area (Å²) in [6, 6.07) is 28.0. The van der Waals surface area contributed by atoms with E-state index in [2.05, 4.69) is 24.3 Å². The van der Waals surface area contributed by atoms with E-state index in [4.69, 9.17) is 19.5 Å². The Hall–Kier alpha value is -6.16. The van der Waals surface area contributed by atoms with Crippen LogP contribution in [0.15, 0.2) is 180 Å². The van der Waals surface area contributed by atoms with Crippen molar-refractivity contribution < 1.29 is 20.9 Å². The van der Waals surface area contributed by atoms with Crippen molar-refractivity contribution in [3.05, 3.63) is 176 Å². The largest absolute Gasteiger partial charge is 0.456 e. The van der Waals surface area contributed by atoms with Gasteiger partial charge in [0.05, 0.1) is 22.1 Å². The maximum atomic E-state index is 9.54. The van der Waals surface area contributed by atoms with Gasteiger partial charge in [-0.15, -0.1) is 11.3 Å². The minimum Gasteiger partial charge on any atom is -0.456 e. The summed E-state index contributed by atoms with van der Waals surface area (Å²) in [5.74, 6) is 0. The van der Waals surface area contributed by atoms with Crippen LogP contribution in [0.25, 0.3) is 75.1 Å². The molecule has 0 fully saturated rings. The molecular formula is C46H29NOS. The molecule has 0 unspecified atom stereocenters. The van der Waals surface area contributed by atoms with E-state index in [-0.39, 0.29) is 74.5 Å². The molecule has 2 aromatic heterocycles. The summed E-state index contributed by atoms with van der Waals surface area (Å²) in [5, 5.41) is 2.93. The van der Waals surface area contributed by atoms with Gasteiger partial charge in [-0.25, -0.2) is 0 Å². The fraction of sp³-hybridized carbons (Fsp3) is 0. The van der Waals surface area contributed by atoms with E-state index in [0.29, 0.717) is 28.1 Å². The lowest BCUT2D eigenvalue weighted by molar-refractivity contribution is 0.669. The molecule has 3 heteroatoms. The maximum Gasteiger partial charge on any atom is 0.136 e. The highest BCUT2D eigenvalue weighted by Crippen LogP contribution is 2.44. The number of nitrogens with zero attached hydrogens (tertiary/aromatic N) is 1. The fourth-order valence-corrected chi connectivity index (χ4v) is 7.71. The third-order valence-corrected chi connectivity index (χ3v) is 9.95. The Morgan fingerprint density at radius 3 is 2.18 bits per heavy atom. The molecule has 230 valence electrons. The molecule has 0 N–H and O–H groups in total. The molecule has 0 saturated carbocycles. The van der Waals surface area contributed by atoms with Crippen LogP contribution < -0.4 is 4.90 Å². The molecule has 10 aromatic rings. The number of para-hydroxylation sites is 2. The predicted molar refractivity (Wildman–Crippen MR) is 210 cm³/mol. The Kier molecular flexibility index (Phi) is 4.22. The van der Waals surface area contributed by atoms with E-state index in [1.807, 2.05) is 59.5 Å². The van der Waals surface area contributed by atoms with Gasteiger partial charge >= 0.3 is 0 Å². The van der Waals surface area contributed by atoms with E-state index < -0.39 is 36.3 Å². The molecule has 0 atom stereocenters. The molecule has 8 aromatic carbocycles.